The Morgan fingerprint density at radius 3 is 2.71 bits per heavy atom. The number of aromatic nitrogens is 2. The number of hydrogen-bond donors (Lipinski definition) is 1. The molecule has 0 atom stereocenters. The molecule has 0 unspecified atom stereocenters. The van der Waals surface area contributed by atoms with Crippen LogP contribution < -0.4 is 5.73 Å². The maximum Gasteiger partial charge on any atom is 0.199 e. The molecule has 1 aromatic rings. The van der Waals surface area contributed by atoms with Crippen molar-refractivity contribution in [1.82, 2.24) is 14.3 Å². The number of anilines is 1. The number of rotatable bonds is 3. The predicted octanol–water partition coefficient (Wildman–Crippen LogP) is 1.15. The van der Waals surface area contributed by atoms with Gasteiger partial charge in [0.15, 0.2) is 5.13 Å². The van der Waals surface area contributed by atoms with Crippen molar-refractivity contribution in [3.8, 4) is 0 Å². The van der Waals surface area contributed by atoms with Crippen molar-refractivity contribution in [1.29, 1.82) is 0 Å². The summed E-state index contributed by atoms with van der Waals surface area (Å²) in [5, 5.41) is 0.582. The van der Waals surface area contributed by atoms with Crippen molar-refractivity contribution < 1.29 is 0 Å². The van der Waals surface area contributed by atoms with Crippen molar-refractivity contribution in [3.63, 3.8) is 0 Å². The lowest BCUT2D eigenvalue weighted by molar-refractivity contribution is 0.230. The minimum atomic E-state index is 0.582. The first-order chi connectivity index (χ1) is 6.84. The van der Waals surface area contributed by atoms with Gasteiger partial charge in [0.05, 0.1) is 0 Å². The van der Waals surface area contributed by atoms with Gasteiger partial charge in [0.1, 0.15) is 5.82 Å². The molecular weight excluding hydrogens is 196 g/mol. The molecule has 0 aliphatic carbocycles. The SMILES string of the molecule is Nc1nc(CCN2CCCCC2)ns1. The third kappa shape index (κ3) is 2.65. The Kier molecular flexibility index (Phi) is 3.31. The van der Waals surface area contributed by atoms with Crippen LogP contribution in [0, 0.1) is 0 Å². The minimum Gasteiger partial charge on any atom is -0.374 e. The van der Waals surface area contributed by atoms with Crippen LogP contribution in [-0.4, -0.2) is 33.9 Å². The van der Waals surface area contributed by atoms with Crippen LogP contribution in [0.2, 0.25) is 0 Å². The molecule has 2 rings (SSSR count). The smallest absolute Gasteiger partial charge is 0.199 e. The average Bonchev–Trinajstić information content (AvgIpc) is 2.63. The maximum absolute atomic E-state index is 5.52. The second kappa shape index (κ2) is 4.70. The first kappa shape index (κ1) is 9.86. The lowest BCUT2D eigenvalue weighted by Gasteiger charge is -2.25. The Morgan fingerprint density at radius 1 is 1.29 bits per heavy atom. The van der Waals surface area contributed by atoms with E-state index in [-0.39, 0.29) is 0 Å². The van der Waals surface area contributed by atoms with Crippen LogP contribution in [-0.2, 0) is 6.42 Å². The monoisotopic (exact) mass is 212 g/mol. The zero-order chi connectivity index (χ0) is 9.80. The Morgan fingerprint density at radius 2 is 2.07 bits per heavy atom. The lowest BCUT2D eigenvalue weighted by Crippen LogP contribution is -2.31. The highest BCUT2D eigenvalue weighted by atomic mass is 32.1. The third-order valence-electron chi connectivity index (χ3n) is 2.58. The molecule has 14 heavy (non-hydrogen) atoms. The number of nitrogens with two attached hydrogens (primary N) is 1. The van der Waals surface area contributed by atoms with Crippen LogP contribution in [0.15, 0.2) is 0 Å². The predicted molar refractivity (Wildman–Crippen MR) is 58.3 cm³/mol. The van der Waals surface area contributed by atoms with Gasteiger partial charge in [0.25, 0.3) is 0 Å². The van der Waals surface area contributed by atoms with E-state index < -0.39 is 0 Å². The van der Waals surface area contributed by atoms with E-state index in [9.17, 15) is 0 Å². The van der Waals surface area contributed by atoms with Crippen LogP contribution >= 0.6 is 11.5 Å². The third-order valence-corrected chi connectivity index (χ3v) is 3.16. The van der Waals surface area contributed by atoms with Gasteiger partial charge in [0, 0.05) is 24.5 Å². The first-order valence-corrected chi connectivity index (χ1v) is 5.92. The lowest BCUT2D eigenvalue weighted by atomic mass is 10.1. The molecule has 0 amide bonds. The van der Waals surface area contributed by atoms with E-state index in [4.69, 9.17) is 5.73 Å². The summed E-state index contributed by atoms with van der Waals surface area (Å²) in [6.45, 7) is 3.55. The van der Waals surface area contributed by atoms with Crippen molar-refractivity contribution in [2.75, 3.05) is 25.4 Å². The molecular formula is C9H16N4S. The molecule has 1 fully saturated rings. The van der Waals surface area contributed by atoms with Crippen molar-refractivity contribution in [2.24, 2.45) is 0 Å². The summed E-state index contributed by atoms with van der Waals surface area (Å²) in [6, 6.07) is 0. The molecule has 0 saturated carbocycles. The number of likely N-dealkylation sites (tertiary alicyclic amines) is 1. The molecule has 0 bridgehead atoms. The van der Waals surface area contributed by atoms with E-state index in [2.05, 4.69) is 14.3 Å². The van der Waals surface area contributed by atoms with E-state index in [0.717, 1.165) is 18.8 Å². The molecule has 1 aromatic heterocycles. The fourth-order valence-corrected chi connectivity index (χ4v) is 2.29. The zero-order valence-corrected chi connectivity index (χ0v) is 9.09. The Hall–Kier alpha value is -0.680. The highest BCUT2D eigenvalue weighted by molar-refractivity contribution is 7.09. The Labute approximate surface area is 88.3 Å². The van der Waals surface area contributed by atoms with Crippen molar-refractivity contribution in [2.45, 2.75) is 25.7 Å². The van der Waals surface area contributed by atoms with Gasteiger partial charge in [0.2, 0.25) is 0 Å². The normalized spacial score (nSPS) is 18.6. The minimum absolute atomic E-state index is 0.582. The van der Waals surface area contributed by atoms with Gasteiger partial charge >= 0.3 is 0 Å². The summed E-state index contributed by atoms with van der Waals surface area (Å²) in [5.41, 5.74) is 5.52. The van der Waals surface area contributed by atoms with Crippen LogP contribution in [0.1, 0.15) is 25.1 Å². The number of hydrogen-bond acceptors (Lipinski definition) is 5. The zero-order valence-electron chi connectivity index (χ0n) is 8.28. The summed E-state index contributed by atoms with van der Waals surface area (Å²) >= 11 is 1.29. The van der Waals surface area contributed by atoms with E-state index in [1.165, 1.54) is 43.9 Å². The van der Waals surface area contributed by atoms with E-state index in [1.54, 1.807) is 0 Å². The fourth-order valence-electron chi connectivity index (χ4n) is 1.81. The van der Waals surface area contributed by atoms with Gasteiger partial charge in [-0.3, -0.25) is 0 Å². The molecule has 0 spiro atoms. The Balaban J connectivity index is 1.76. The topological polar surface area (TPSA) is 55.0 Å². The summed E-state index contributed by atoms with van der Waals surface area (Å²) in [5.74, 6) is 0.901. The van der Waals surface area contributed by atoms with Crippen LogP contribution in [0.5, 0.6) is 0 Å². The molecule has 4 nitrogen and oxygen atoms in total. The van der Waals surface area contributed by atoms with Gasteiger partial charge < -0.3 is 10.6 Å². The van der Waals surface area contributed by atoms with E-state index in [1.807, 2.05) is 0 Å². The standard InChI is InChI=1S/C9H16N4S/c10-9-11-8(12-14-9)4-7-13-5-2-1-3-6-13/h1-7H2,(H2,10,11,12). The van der Waals surface area contributed by atoms with Gasteiger partial charge in [-0.1, -0.05) is 6.42 Å². The summed E-state index contributed by atoms with van der Waals surface area (Å²) in [7, 11) is 0. The van der Waals surface area contributed by atoms with Crippen LogP contribution in [0.3, 0.4) is 0 Å². The van der Waals surface area contributed by atoms with Crippen molar-refractivity contribution in [3.05, 3.63) is 5.82 Å². The summed E-state index contributed by atoms with van der Waals surface area (Å²) in [4.78, 5) is 6.64. The van der Waals surface area contributed by atoms with Crippen LogP contribution in [0.25, 0.3) is 0 Å². The van der Waals surface area contributed by atoms with E-state index >= 15 is 0 Å². The molecule has 0 aromatic carbocycles. The Bertz CT molecular complexity index is 280. The number of nitrogens with zero attached hydrogens (tertiary/aromatic N) is 3. The number of piperidine rings is 1. The van der Waals surface area contributed by atoms with Gasteiger partial charge in [-0.2, -0.15) is 4.37 Å². The van der Waals surface area contributed by atoms with Gasteiger partial charge in [-0.05, 0) is 25.9 Å². The summed E-state index contributed by atoms with van der Waals surface area (Å²) in [6.07, 6.45) is 5.01. The molecule has 2 N–H and O–H groups in total. The second-order valence-electron chi connectivity index (χ2n) is 3.70. The quantitative estimate of drug-likeness (QED) is 0.816. The molecule has 0 radical (unpaired) electrons. The number of nitrogen functional groups attached to an aromatic ring is 1. The largest absolute Gasteiger partial charge is 0.374 e. The highest BCUT2D eigenvalue weighted by Gasteiger charge is 2.10. The molecule has 1 aliphatic heterocycles. The molecule has 2 heterocycles. The van der Waals surface area contributed by atoms with E-state index in [0.29, 0.717) is 5.13 Å². The molecule has 5 heteroatoms. The molecule has 1 aliphatic rings. The summed E-state index contributed by atoms with van der Waals surface area (Å²) < 4.78 is 4.18. The van der Waals surface area contributed by atoms with Gasteiger partial charge in [-0.15, -0.1) is 0 Å². The van der Waals surface area contributed by atoms with Crippen LogP contribution in [0.4, 0.5) is 5.13 Å². The maximum atomic E-state index is 5.52. The molecule has 1 saturated heterocycles. The first-order valence-electron chi connectivity index (χ1n) is 5.15. The highest BCUT2D eigenvalue weighted by Crippen LogP contribution is 2.10. The average molecular weight is 212 g/mol. The second-order valence-corrected chi connectivity index (χ2v) is 4.48. The van der Waals surface area contributed by atoms with Crippen molar-refractivity contribution >= 4 is 16.7 Å². The van der Waals surface area contributed by atoms with Gasteiger partial charge in [-0.25, -0.2) is 4.98 Å². The fraction of sp³-hybridized carbons (Fsp3) is 0.778. The molecule has 78 valence electrons.